The molecule has 0 heterocycles. The van der Waals surface area contributed by atoms with E-state index in [1.54, 1.807) is 26.2 Å². The molecule has 1 N–H and O–H groups in total. The molecule has 0 aliphatic rings. The molecule has 0 spiro atoms. The third-order valence-corrected chi connectivity index (χ3v) is 5.43. The Balaban J connectivity index is 1.90. The third kappa shape index (κ3) is 4.83. The van der Waals surface area contributed by atoms with E-state index in [1.807, 2.05) is 24.3 Å². The summed E-state index contributed by atoms with van der Waals surface area (Å²) in [4.78, 5) is 12.3. The lowest BCUT2D eigenvalue weighted by atomic mass is 10.1. The van der Waals surface area contributed by atoms with Crippen LogP contribution in [0.1, 0.15) is 18.9 Å². The lowest BCUT2D eigenvalue weighted by Crippen LogP contribution is -2.12. The van der Waals surface area contributed by atoms with Crippen molar-refractivity contribution in [2.75, 3.05) is 18.2 Å². The van der Waals surface area contributed by atoms with Gasteiger partial charge in [0.25, 0.3) is 0 Å². The summed E-state index contributed by atoms with van der Waals surface area (Å²) in [5, 5.41) is 2.77. The van der Waals surface area contributed by atoms with Gasteiger partial charge < -0.3 is 10.1 Å². The molecule has 0 aliphatic carbocycles. The normalized spacial score (nSPS) is 11.1. The number of carbonyl (C=O) groups excluding carboxylic acids is 1. The van der Waals surface area contributed by atoms with Gasteiger partial charge in [-0.05, 0) is 48.4 Å². The summed E-state index contributed by atoms with van der Waals surface area (Å²) >= 11 is 0. The summed E-state index contributed by atoms with van der Waals surface area (Å²) in [5.41, 5.74) is 1.64. The van der Waals surface area contributed by atoms with Crippen molar-refractivity contribution >= 4 is 21.4 Å². The Morgan fingerprint density at radius 1 is 1.04 bits per heavy atom. The minimum atomic E-state index is -3.22. The van der Waals surface area contributed by atoms with Gasteiger partial charge in [-0.2, -0.15) is 0 Å². The predicted octanol–water partition coefficient (Wildman–Crippen LogP) is 3.06. The number of benzene rings is 2. The first kappa shape index (κ1) is 18.0. The summed E-state index contributed by atoms with van der Waals surface area (Å²) in [7, 11) is -1.61. The van der Waals surface area contributed by atoms with Gasteiger partial charge in [0.05, 0.1) is 17.8 Å². The van der Waals surface area contributed by atoms with E-state index in [0.717, 1.165) is 11.3 Å². The molecule has 0 bridgehead atoms. The van der Waals surface area contributed by atoms with Crippen LogP contribution in [0.3, 0.4) is 0 Å². The average Bonchev–Trinajstić information content (AvgIpc) is 2.61. The van der Waals surface area contributed by atoms with Gasteiger partial charge in [0.1, 0.15) is 5.75 Å². The Hall–Kier alpha value is -2.34. The number of hydrogen-bond acceptors (Lipinski definition) is 4. The lowest BCUT2D eigenvalue weighted by Gasteiger charge is -2.07. The Labute approximate surface area is 142 Å². The second-order valence-electron chi connectivity index (χ2n) is 5.32. The van der Waals surface area contributed by atoms with E-state index >= 15 is 0 Å². The third-order valence-electron chi connectivity index (χ3n) is 3.68. The van der Waals surface area contributed by atoms with Crippen LogP contribution >= 0.6 is 0 Å². The SMILES string of the molecule is CCS(=O)(=O)c1ccc(NC(=O)CCc2ccc(OC)cc2)cc1. The van der Waals surface area contributed by atoms with Crippen LogP contribution < -0.4 is 10.1 Å². The van der Waals surface area contributed by atoms with Crippen LogP contribution in [-0.4, -0.2) is 27.2 Å². The number of amides is 1. The number of rotatable bonds is 7. The predicted molar refractivity (Wildman–Crippen MR) is 94.1 cm³/mol. The molecule has 0 saturated heterocycles. The number of sulfone groups is 1. The fraction of sp³-hybridized carbons (Fsp3) is 0.278. The van der Waals surface area contributed by atoms with Crippen molar-refractivity contribution in [3.8, 4) is 5.75 Å². The van der Waals surface area contributed by atoms with Gasteiger partial charge in [-0.25, -0.2) is 8.42 Å². The molecule has 5 nitrogen and oxygen atoms in total. The maximum Gasteiger partial charge on any atom is 0.224 e. The molecule has 2 aromatic carbocycles. The first-order valence-electron chi connectivity index (χ1n) is 7.70. The van der Waals surface area contributed by atoms with Crippen LogP contribution in [0, 0.1) is 0 Å². The zero-order chi connectivity index (χ0) is 17.6. The smallest absolute Gasteiger partial charge is 0.224 e. The maximum atomic E-state index is 12.0. The highest BCUT2D eigenvalue weighted by molar-refractivity contribution is 7.91. The zero-order valence-corrected chi connectivity index (χ0v) is 14.6. The summed E-state index contributed by atoms with van der Waals surface area (Å²) in [6, 6.07) is 13.8. The lowest BCUT2D eigenvalue weighted by molar-refractivity contribution is -0.116. The van der Waals surface area contributed by atoms with Gasteiger partial charge in [-0.15, -0.1) is 0 Å². The standard InChI is InChI=1S/C18H21NO4S/c1-3-24(21,22)17-11-7-15(8-12-17)19-18(20)13-6-14-4-9-16(23-2)10-5-14/h4-5,7-12H,3,6,13H2,1-2H3,(H,19,20). The summed E-state index contributed by atoms with van der Waals surface area (Å²) in [5.74, 6) is 0.725. The van der Waals surface area contributed by atoms with Crippen molar-refractivity contribution in [2.45, 2.75) is 24.7 Å². The number of hydrogen-bond donors (Lipinski definition) is 1. The number of methoxy groups -OCH3 is 1. The van der Waals surface area contributed by atoms with E-state index in [4.69, 9.17) is 4.74 Å². The number of aryl methyl sites for hydroxylation is 1. The Kier molecular flexibility index (Phi) is 5.98. The Morgan fingerprint density at radius 3 is 2.21 bits per heavy atom. The zero-order valence-electron chi connectivity index (χ0n) is 13.8. The van der Waals surface area contributed by atoms with Gasteiger partial charge in [0.2, 0.25) is 5.91 Å². The van der Waals surface area contributed by atoms with E-state index in [9.17, 15) is 13.2 Å². The van der Waals surface area contributed by atoms with E-state index in [1.165, 1.54) is 12.1 Å². The Bertz CT molecular complexity index is 781. The number of nitrogens with one attached hydrogen (secondary N) is 1. The summed E-state index contributed by atoms with van der Waals surface area (Å²) < 4.78 is 28.6. The second kappa shape index (κ2) is 7.97. The van der Waals surface area contributed by atoms with E-state index in [-0.39, 0.29) is 16.6 Å². The fourth-order valence-electron chi connectivity index (χ4n) is 2.19. The number of anilines is 1. The topological polar surface area (TPSA) is 72.5 Å². The van der Waals surface area contributed by atoms with Crippen LogP contribution in [-0.2, 0) is 21.1 Å². The molecular weight excluding hydrogens is 326 g/mol. The van der Waals surface area contributed by atoms with Crippen LogP contribution in [0.4, 0.5) is 5.69 Å². The summed E-state index contributed by atoms with van der Waals surface area (Å²) in [6.07, 6.45) is 0.972. The first-order chi connectivity index (χ1) is 11.4. The maximum absolute atomic E-state index is 12.0. The van der Waals surface area contributed by atoms with Gasteiger partial charge in [0, 0.05) is 12.1 Å². The molecule has 0 radical (unpaired) electrons. The van der Waals surface area contributed by atoms with Crippen molar-refractivity contribution in [2.24, 2.45) is 0 Å². The fourth-order valence-corrected chi connectivity index (χ4v) is 3.07. The van der Waals surface area contributed by atoms with E-state index in [0.29, 0.717) is 18.5 Å². The number of carbonyl (C=O) groups is 1. The quantitative estimate of drug-likeness (QED) is 0.835. The molecule has 6 heteroatoms. The molecule has 0 saturated carbocycles. The van der Waals surface area contributed by atoms with Crippen molar-refractivity contribution in [1.29, 1.82) is 0 Å². The minimum absolute atomic E-state index is 0.0561. The van der Waals surface area contributed by atoms with Gasteiger partial charge in [0.15, 0.2) is 9.84 Å². The number of ether oxygens (including phenoxy) is 1. The van der Waals surface area contributed by atoms with Gasteiger partial charge in [-0.1, -0.05) is 19.1 Å². The Morgan fingerprint density at radius 2 is 1.67 bits per heavy atom. The highest BCUT2D eigenvalue weighted by atomic mass is 32.2. The van der Waals surface area contributed by atoms with Gasteiger partial charge >= 0.3 is 0 Å². The highest BCUT2D eigenvalue weighted by Crippen LogP contribution is 2.16. The highest BCUT2D eigenvalue weighted by Gasteiger charge is 2.11. The van der Waals surface area contributed by atoms with Gasteiger partial charge in [-0.3, -0.25) is 4.79 Å². The summed E-state index contributed by atoms with van der Waals surface area (Å²) in [6.45, 7) is 1.60. The molecular formula is C18H21NO4S. The largest absolute Gasteiger partial charge is 0.497 e. The second-order valence-corrected chi connectivity index (χ2v) is 7.60. The minimum Gasteiger partial charge on any atom is -0.497 e. The van der Waals surface area contributed by atoms with Crippen LogP contribution in [0.15, 0.2) is 53.4 Å². The van der Waals surface area contributed by atoms with Crippen molar-refractivity contribution < 1.29 is 17.9 Å². The molecule has 0 aliphatic heterocycles. The van der Waals surface area contributed by atoms with Crippen LogP contribution in [0.5, 0.6) is 5.75 Å². The average molecular weight is 347 g/mol. The molecule has 0 aromatic heterocycles. The monoisotopic (exact) mass is 347 g/mol. The van der Waals surface area contributed by atoms with Crippen molar-refractivity contribution in [3.63, 3.8) is 0 Å². The molecule has 0 fully saturated rings. The van der Waals surface area contributed by atoms with E-state index in [2.05, 4.69) is 5.32 Å². The molecule has 2 aromatic rings. The van der Waals surface area contributed by atoms with E-state index < -0.39 is 9.84 Å². The first-order valence-corrected chi connectivity index (χ1v) is 9.35. The van der Waals surface area contributed by atoms with Crippen LogP contribution in [0.25, 0.3) is 0 Å². The molecule has 128 valence electrons. The molecule has 2 rings (SSSR count). The molecule has 1 amide bonds. The van der Waals surface area contributed by atoms with Crippen LogP contribution in [0.2, 0.25) is 0 Å². The molecule has 0 atom stereocenters. The molecule has 0 unspecified atom stereocenters. The van der Waals surface area contributed by atoms with Crippen molar-refractivity contribution in [3.05, 3.63) is 54.1 Å². The molecule has 24 heavy (non-hydrogen) atoms. The van der Waals surface area contributed by atoms with Crippen molar-refractivity contribution in [1.82, 2.24) is 0 Å².